The average molecular weight is 341 g/mol. The highest BCUT2D eigenvalue weighted by Crippen LogP contribution is 2.20. The molecule has 0 spiro atoms. The van der Waals surface area contributed by atoms with Crippen molar-refractivity contribution in [3.05, 3.63) is 65.7 Å². The molecule has 0 saturated carbocycles. The maximum absolute atomic E-state index is 12.6. The van der Waals surface area contributed by atoms with Gasteiger partial charge in [0.25, 0.3) is 5.91 Å². The molecule has 2 aromatic rings. The first kappa shape index (κ1) is 19.0. The fraction of sp³-hybridized carbons (Fsp3) is 0.381. The first-order valence-electron chi connectivity index (χ1n) is 8.63. The normalized spacial score (nSPS) is 10.7. The van der Waals surface area contributed by atoms with Crippen LogP contribution in [0.3, 0.4) is 0 Å². The van der Waals surface area contributed by atoms with E-state index in [0.717, 1.165) is 11.3 Å². The summed E-state index contributed by atoms with van der Waals surface area (Å²) in [6, 6.07) is 17.9. The number of nitrogens with zero attached hydrogens (tertiary/aromatic N) is 1. The van der Waals surface area contributed by atoms with Gasteiger partial charge in [-0.1, -0.05) is 56.3 Å². The predicted molar refractivity (Wildman–Crippen MR) is 99.8 cm³/mol. The molecule has 0 heterocycles. The summed E-state index contributed by atoms with van der Waals surface area (Å²) in [5.41, 5.74) is 2.29. The summed E-state index contributed by atoms with van der Waals surface area (Å²) in [7, 11) is 1.64. The van der Waals surface area contributed by atoms with Crippen molar-refractivity contribution in [3.63, 3.8) is 0 Å². The van der Waals surface area contributed by atoms with E-state index in [1.807, 2.05) is 48.5 Å². The maximum Gasteiger partial charge on any atom is 0.260 e. The third kappa shape index (κ3) is 6.24. The Labute approximate surface area is 150 Å². The number of amides is 1. The lowest BCUT2D eigenvalue weighted by molar-refractivity contribution is -0.134. The van der Waals surface area contributed by atoms with Gasteiger partial charge in [-0.15, -0.1) is 0 Å². The smallest absolute Gasteiger partial charge is 0.260 e. The van der Waals surface area contributed by atoms with Crippen LogP contribution in [0.1, 0.15) is 30.9 Å². The van der Waals surface area contributed by atoms with Crippen LogP contribution in [-0.2, 0) is 16.1 Å². The molecule has 4 nitrogen and oxygen atoms in total. The molecule has 0 fully saturated rings. The lowest BCUT2D eigenvalue weighted by Crippen LogP contribution is -2.36. The molecule has 0 saturated heterocycles. The first-order chi connectivity index (χ1) is 12.1. The van der Waals surface area contributed by atoms with Gasteiger partial charge in [0.1, 0.15) is 5.75 Å². The number of methoxy groups -OCH3 is 1. The zero-order valence-electron chi connectivity index (χ0n) is 15.3. The Bertz CT molecular complexity index is 655. The summed E-state index contributed by atoms with van der Waals surface area (Å²) >= 11 is 0. The van der Waals surface area contributed by atoms with Crippen molar-refractivity contribution >= 4 is 5.91 Å². The Hall–Kier alpha value is -2.33. The van der Waals surface area contributed by atoms with E-state index < -0.39 is 0 Å². The number of carbonyl (C=O) groups is 1. The number of ether oxygens (including phenoxy) is 2. The quantitative estimate of drug-likeness (QED) is 0.695. The molecule has 0 aliphatic rings. The summed E-state index contributed by atoms with van der Waals surface area (Å²) < 4.78 is 10.9. The molecule has 0 bridgehead atoms. The molecule has 0 aliphatic carbocycles. The van der Waals surface area contributed by atoms with Crippen LogP contribution >= 0.6 is 0 Å². The van der Waals surface area contributed by atoms with Crippen molar-refractivity contribution in [2.24, 2.45) is 0 Å². The van der Waals surface area contributed by atoms with Crippen molar-refractivity contribution in [1.82, 2.24) is 4.90 Å². The van der Waals surface area contributed by atoms with Gasteiger partial charge in [-0.05, 0) is 29.2 Å². The van der Waals surface area contributed by atoms with Crippen LogP contribution in [0, 0.1) is 0 Å². The van der Waals surface area contributed by atoms with E-state index in [2.05, 4.69) is 19.9 Å². The van der Waals surface area contributed by atoms with Crippen LogP contribution in [0.5, 0.6) is 5.75 Å². The fourth-order valence-electron chi connectivity index (χ4n) is 2.50. The van der Waals surface area contributed by atoms with Crippen LogP contribution in [0.15, 0.2) is 54.6 Å². The molecule has 2 aromatic carbocycles. The molecular weight excluding hydrogens is 314 g/mol. The molecular formula is C21H27NO3. The second kappa shape index (κ2) is 9.84. The minimum Gasteiger partial charge on any atom is -0.484 e. The first-order valence-corrected chi connectivity index (χ1v) is 8.63. The third-order valence-corrected chi connectivity index (χ3v) is 4.02. The average Bonchev–Trinajstić information content (AvgIpc) is 2.64. The highest BCUT2D eigenvalue weighted by atomic mass is 16.5. The van der Waals surface area contributed by atoms with E-state index in [0.29, 0.717) is 25.6 Å². The van der Waals surface area contributed by atoms with Gasteiger partial charge in [0.05, 0.1) is 6.61 Å². The third-order valence-electron chi connectivity index (χ3n) is 4.02. The highest BCUT2D eigenvalue weighted by Gasteiger charge is 2.15. The van der Waals surface area contributed by atoms with Crippen molar-refractivity contribution in [3.8, 4) is 5.75 Å². The molecule has 1 amide bonds. The molecule has 2 rings (SSSR count). The molecule has 0 atom stereocenters. The van der Waals surface area contributed by atoms with Crippen molar-refractivity contribution in [2.75, 3.05) is 26.9 Å². The largest absolute Gasteiger partial charge is 0.484 e. The number of hydrogen-bond donors (Lipinski definition) is 0. The van der Waals surface area contributed by atoms with Crippen LogP contribution in [0.25, 0.3) is 0 Å². The van der Waals surface area contributed by atoms with Crippen LogP contribution < -0.4 is 4.74 Å². The van der Waals surface area contributed by atoms with Crippen molar-refractivity contribution in [1.29, 1.82) is 0 Å². The van der Waals surface area contributed by atoms with Gasteiger partial charge in [-0.3, -0.25) is 4.79 Å². The standard InChI is InChI=1S/C21H27NO3/c1-17(2)19-10-7-11-20(14-19)25-16-21(23)22(12-13-24-3)15-18-8-5-4-6-9-18/h4-11,14,17H,12-13,15-16H2,1-3H3. The van der Waals surface area contributed by atoms with E-state index >= 15 is 0 Å². The Morgan fingerprint density at radius 3 is 2.52 bits per heavy atom. The lowest BCUT2D eigenvalue weighted by atomic mass is 10.0. The zero-order valence-corrected chi connectivity index (χ0v) is 15.3. The van der Waals surface area contributed by atoms with Crippen LogP contribution in [0.4, 0.5) is 0 Å². The van der Waals surface area contributed by atoms with Crippen LogP contribution in [0.2, 0.25) is 0 Å². The minimum atomic E-state index is -0.0455. The summed E-state index contributed by atoms with van der Waals surface area (Å²) in [6.07, 6.45) is 0. The number of carbonyl (C=O) groups excluding carboxylic acids is 1. The predicted octanol–water partition coefficient (Wildman–Crippen LogP) is 3.86. The molecule has 0 aromatic heterocycles. The molecule has 134 valence electrons. The highest BCUT2D eigenvalue weighted by molar-refractivity contribution is 5.77. The van der Waals surface area contributed by atoms with E-state index in [4.69, 9.17) is 9.47 Å². The van der Waals surface area contributed by atoms with Gasteiger partial charge in [0.2, 0.25) is 0 Å². The summed E-state index contributed by atoms with van der Waals surface area (Å²) in [4.78, 5) is 14.4. The lowest BCUT2D eigenvalue weighted by Gasteiger charge is -2.22. The number of hydrogen-bond acceptors (Lipinski definition) is 3. The second-order valence-electron chi connectivity index (χ2n) is 6.31. The molecule has 4 heteroatoms. The Kier molecular flexibility index (Phi) is 7.48. The van der Waals surface area contributed by atoms with Gasteiger partial charge in [-0.2, -0.15) is 0 Å². The SMILES string of the molecule is COCCN(Cc1ccccc1)C(=O)COc1cccc(C(C)C)c1. The van der Waals surface area contributed by atoms with Gasteiger partial charge in [0, 0.05) is 20.2 Å². The van der Waals surface area contributed by atoms with Crippen molar-refractivity contribution in [2.45, 2.75) is 26.3 Å². The fourth-order valence-corrected chi connectivity index (χ4v) is 2.50. The topological polar surface area (TPSA) is 38.8 Å². The van der Waals surface area contributed by atoms with Crippen molar-refractivity contribution < 1.29 is 14.3 Å². The number of rotatable bonds is 9. The number of benzene rings is 2. The van der Waals surface area contributed by atoms with E-state index in [-0.39, 0.29) is 12.5 Å². The summed E-state index contributed by atoms with van der Waals surface area (Å²) in [5, 5.41) is 0. The van der Waals surface area contributed by atoms with E-state index in [1.165, 1.54) is 5.56 Å². The molecule has 0 aliphatic heterocycles. The maximum atomic E-state index is 12.6. The van der Waals surface area contributed by atoms with E-state index in [1.54, 1.807) is 12.0 Å². The summed E-state index contributed by atoms with van der Waals surface area (Å²) in [5.74, 6) is 1.11. The minimum absolute atomic E-state index is 0.0259. The molecule has 0 N–H and O–H groups in total. The molecule has 0 radical (unpaired) electrons. The Morgan fingerprint density at radius 2 is 1.84 bits per heavy atom. The monoisotopic (exact) mass is 341 g/mol. The summed E-state index contributed by atoms with van der Waals surface area (Å²) in [6.45, 7) is 5.89. The molecule has 0 unspecified atom stereocenters. The van der Waals surface area contributed by atoms with E-state index in [9.17, 15) is 4.79 Å². The van der Waals surface area contributed by atoms with Gasteiger partial charge in [-0.25, -0.2) is 0 Å². The Balaban J connectivity index is 1.97. The van der Waals surface area contributed by atoms with Crippen LogP contribution in [-0.4, -0.2) is 37.7 Å². The second-order valence-corrected chi connectivity index (χ2v) is 6.31. The van der Waals surface area contributed by atoms with Gasteiger partial charge in [0.15, 0.2) is 6.61 Å². The van der Waals surface area contributed by atoms with Gasteiger partial charge >= 0.3 is 0 Å². The van der Waals surface area contributed by atoms with Gasteiger partial charge < -0.3 is 14.4 Å². The zero-order chi connectivity index (χ0) is 18.1. The Morgan fingerprint density at radius 1 is 1.08 bits per heavy atom. The molecule has 25 heavy (non-hydrogen) atoms.